The first kappa shape index (κ1) is 25.7. The van der Waals surface area contributed by atoms with Crippen molar-refractivity contribution in [2.24, 2.45) is 0 Å². The van der Waals surface area contributed by atoms with E-state index in [0.29, 0.717) is 48.4 Å². The van der Waals surface area contributed by atoms with Crippen molar-refractivity contribution >= 4 is 28.6 Å². The molecule has 0 atom stereocenters. The molecule has 38 heavy (non-hydrogen) atoms. The maximum atomic E-state index is 13.8. The summed E-state index contributed by atoms with van der Waals surface area (Å²) in [5, 5.41) is 2.14. The summed E-state index contributed by atoms with van der Waals surface area (Å²) < 4.78 is 33.4. The number of amides is 1. The number of nitrogens with one attached hydrogen (secondary N) is 1. The van der Waals surface area contributed by atoms with Gasteiger partial charge < -0.3 is 14.6 Å². The maximum Gasteiger partial charge on any atom is 0.329 e. The minimum Gasteiger partial charge on any atom is -0.485 e. The molecule has 1 aromatic carbocycles. The van der Waals surface area contributed by atoms with Gasteiger partial charge in [-0.1, -0.05) is 6.07 Å². The van der Waals surface area contributed by atoms with Crippen molar-refractivity contribution < 1.29 is 18.3 Å². The normalized spacial score (nSPS) is 14.3. The van der Waals surface area contributed by atoms with Crippen LogP contribution in [0.2, 0.25) is 0 Å². The van der Waals surface area contributed by atoms with Gasteiger partial charge in [-0.3, -0.25) is 14.2 Å². The van der Waals surface area contributed by atoms with Crippen molar-refractivity contribution in [3.05, 3.63) is 74.0 Å². The average Bonchev–Trinajstić information content (AvgIpc) is 3.49. The van der Waals surface area contributed by atoms with Crippen LogP contribution in [0.1, 0.15) is 29.9 Å². The molecular weight excluding hydrogens is 516 g/mol. The molecule has 198 valence electrons. The van der Waals surface area contributed by atoms with Crippen LogP contribution in [0.4, 0.5) is 8.78 Å². The highest BCUT2D eigenvalue weighted by Gasteiger charge is 2.28. The molecule has 1 fully saturated rings. The molecule has 12 heteroatoms. The number of aromatic amines is 1. The molecule has 0 radical (unpaired) electrons. The van der Waals surface area contributed by atoms with Crippen LogP contribution in [0.15, 0.2) is 51.6 Å². The standard InChI is InChI=1S/C26H25F2N5O4S/c27-10-18(11-28)37-20-4-3-19-23(22(20)17-5-7-32(15-34)8-6-17)25(35)33(26(36)31-19)14-16-12-29-24(30-13-16)21-2-1-9-38-21/h1-4,9,12-13,15,17-18H,5-8,10-11,14H2,(H,31,36). The zero-order valence-corrected chi connectivity index (χ0v) is 21.1. The molecule has 3 aromatic heterocycles. The largest absolute Gasteiger partial charge is 0.485 e. The lowest BCUT2D eigenvalue weighted by Crippen LogP contribution is -2.37. The van der Waals surface area contributed by atoms with Crippen molar-refractivity contribution in [1.82, 2.24) is 24.4 Å². The van der Waals surface area contributed by atoms with Crippen molar-refractivity contribution in [2.75, 3.05) is 26.4 Å². The number of benzene rings is 1. The van der Waals surface area contributed by atoms with Crippen LogP contribution in [0.25, 0.3) is 21.6 Å². The minimum absolute atomic E-state index is 0.0689. The summed E-state index contributed by atoms with van der Waals surface area (Å²) in [7, 11) is 0. The quantitative estimate of drug-likeness (QED) is 0.326. The number of piperidine rings is 1. The van der Waals surface area contributed by atoms with Gasteiger partial charge in [0, 0.05) is 36.6 Å². The van der Waals surface area contributed by atoms with Gasteiger partial charge in [-0.15, -0.1) is 11.3 Å². The highest BCUT2D eigenvalue weighted by molar-refractivity contribution is 7.13. The highest BCUT2D eigenvalue weighted by atomic mass is 32.1. The fraction of sp³-hybridized carbons (Fsp3) is 0.346. The molecular formula is C26H25F2N5O4S. The number of likely N-dealkylation sites (tertiary alicyclic amines) is 1. The number of ether oxygens (including phenoxy) is 1. The van der Waals surface area contributed by atoms with Crippen LogP contribution < -0.4 is 16.0 Å². The van der Waals surface area contributed by atoms with Crippen LogP contribution in [0, 0.1) is 0 Å². The third-order valence-electron chi connectivity index (χ3n) is 6.66. The molecule has 0 bridgehead atoms. The monoisotopic (exact) mass is 541 g/mol. The van der Waals surface area contributed by atoms with Crippen LogP contribution >= 0.6 is 11.3 Å². The van der Waals surface area contributed by atoms with Crippen LogP contribution in [0.5, 0.6) is 5.75 Å². The summed E-state index contributed by atoms with van der Waals surface area (Å²) in [5.74, 6) is 0.525. The minimum atomic E-state index is -1.31. The molecule has 0 unspecified atom stereocenters. The molecule has 1 saturated heterocycles. The van der Waals surface area contributed by atoms with Crippen LogP contribution in [-0.2, 0) is 11.3 Å². The third-order valence-corrected chi connectivity index (χ3v) is 7.53. The number of halogens is 2. The number of fused-ring (bicyclic) bond motifs is 1. The number of hydrogen-bond donors (Lipinski definition) is 1. The van der Waals surface area contributed by atoms with E-state index in [1.54, 1.807) is 17.3 Å². The zero-order chi connectivity index (χ0) is 26.6. The average molecular weight is 542 g/mol. The van der Waals surface area contributed by atoms with E-state index in [1.165, 1.54) is 23.5 Å². The molecule has 4 aromatic rings. The van der Waals surface area contributed by atoms with Gasteiger partial charge in [0.05, 0.1) is 22.3 Å². The first-order valence-corrected chi connectivity index (χ1v) is 13.0. The summed E-state index contributed by atoms with van der Waals surface area (Å²) in [6, 6.07) is 6.83. The number of H-pyrrole nitrogens is 1. The molecule has 1 amide bonds. The predicted molar refractivity (Wildman–Crippen MR) is 139 cm³/mol. The van der Waals surface area contributed by atoms with Crippen molar-refractivity contribution in [2.45, 2.75) is 31.4 Å². The van der Waals surface area contributed by atoms with Crippen LogP contribution in [0.3, 0.4) is 0 Å². The second kappa shape index (κ2) is 11.2. The molecule has 9 nitrogen and oxygen atoms in total. The summed E-state index contributed by atoms with van der Waals surface area (Å²) in [4.78, 5) is 52.0. The summed E-state index contributed by atoms with van der Waals surface area (Å²) in [6.45, 7) is -1.21. The molecule has 1 aliphatic rings. The zero-order valence-electron chi connectivity index (χ0n) is 20.3. The van der Waals surface area contributed by atoms with Gasteiger partial charge >= 0.3 is 5.69 Å². The number of rotatable bonds is 9. The highest BCUT2D eigenvalue weighted by Crippen LogP contribution is 2.38. The van der Waals surface area contributed by atoms with Crippen molar-refractivity contribution in [1.29, 1.82) is 0 Å². The Morgan fingerprint density at radius 3 is 2.50 bits per heavy atom. The third kappa shape index (κ3) is 5.08. The topological polar surface area (TPSA) is 110 Å². The molecule has 0 aliphatic carbocycles. The maximum absolute atomic E-state index is 13.8. The Morgan fingerprint density at radius 1 is 1.13 bits per heavy atom. The van der Waals surface area contributed by atoms with E-state index in [2.05, 4.69) is 15.0 Å². The number of thiophene rings is 1. The second-order valence-electron chi connectivity index (χ2n) is 9.08. The lowest BCUT2D eigenvalue weighted by Gasteiger charge is -2.31. The second-order valence-corrected chi connectivity index (χ2v) is 10.0. The number of aromatic nitrogens is 4. The Balaban J connectivity index is 1.58. The molecule has 0 saturated carbocycles. The predicted octanol–water partition coefficient (Wildman–Crippen LogP) is 3.28. The van der Waals surface area contributed by atoms with Crippen molar-refractivity contribution in [3.63, 3.8) is 0 Å². The number of nitrogens with zero attached hydrogens (tertiary/aromatic N) is 4. The molecule has 5 rings (SSSR count). The molecule has 1 aliphatic heterocycles. The van der Waals surface area contributed by atoms with Gasteiger partial charge in [-0.05, 0) is 42.3 Å². The number of alkyl halides is 2. The Hall–Kier alpha value is -3.93. The Morgan fingerprint density at radius 2 is 1.87 bits per heavy atom. The van der Waals surface area contributed by atoms with Crippen LogP contribution in [-0.4, -0.2) is 63.4 Å². The smallest absolute Gasteiger partial charge is 0.329 e. The van der Waals surface area contributed by atoms with Crippen molar-refractivity contribution in [3.8, 4) is 16.5 Å². The Bertz CT molecular complexity index is 1530. The first-order chi connectivity index (χ1) is 18.5. The number of hydrogen-bond acceptors (Lipinski definition) is 7. The lowest BCUT2D eigenvalue weighted by atomic mass is 9.86. The van der Waals surface area contributed by atoms with Gasteiger partial charge in [0.25, 0.3) is 5.56 Å². The first-order valence-electron chi connectivity index (χ1n) is 12.1. The van der Waals surface area contributed by atoms with E-state index in [-0.39, 0.29) is 23.6 Å². The van der Waals surface area contributed by atoms with E-state index in [0.717, 1.165) is 15.9 Å². The fourth-order valence-electron chi connectivity index (χ4n) is 4.73. The van der Waals surface area contributed by atoms with Gasteiger partial charge in [0.1, 0.15) is 19.1 Å². The SMILES string of the molecule is O=CN1CCC(c2c(OC(CF)CF)ccc3[nH]c(=O)n(Cc4cnc(-c5cccs5)nc4)c(=O)c23)CC1. The number of carbonyl (C=O) groups is 1. The van der Waals surface area contributed by atoms with Gasteiger partial charge in [0.15, 0.2) is 11.9 Å². The molecule has 1 N–H and O–H groups in total. The fourth-order valence-corrected chi connectivity index (χ4v) is 5.40. The van der Waals surface area contributed by atoms with E-state index in [4.69, 9.17) is 4.74 Å². The van der Waals surface area contributed by atoms with Gasteiger partial charge in [0.2, 0.25) is 6.41 Å². The Labute approximate surface area is 219 Å². The molecule has 4 heterocycles. The van der Waals surface area contributed by atoms with Gasteiger partial charge in [-0.25, -0.2) is 23.5 Å². The Kier molecular flexibility index (Phi) is 7.59. The summed E-state index contributed by atoms with van der Waals surface area (Å²) in [6.07, 6.45) is 3.66. The van der Waals surface area contributed by atoms with E-state index >= 15 is 0 Å². The van der Waals surface area contributed by atoms with E-state index < -0.39 is 30.7 Å². The van der Waals surface area contributed by atoms with E-state index in [9.17, 15) is 23.2 Å². The number of carbonyl (C=O) groups excluding carboxylic acids is 1. The van der Waals surface area contributed by atoms with E-state index in [1.807, 2.05) is 17.5 Å². The summed E-state index contributed by atoms with van der Waals surface area (Å²) >= 11 is 1.50. The summed E-state index contributed by atoms with van der Waals surface area (Å²) in [5.41, 5.74) is 0.185. The lowest BCUT2D eigenvalue weighted by molar-refractivity contribution is -0.119. The molecule has 0 spiro atoms. The van der Waals surface area contributed by atoms with Gasteiger partial charge in [-0.2, -0.15) is 0 Å².